The van der Waals surface area contributed by atoms with Crippen LogP contribution >= 0.6 is 0 Å². The average Bonchev–Trinajstić information content (AvgIpc) is 3.11. The Bertz CT molecular complexity index is 783. The van der Waals surface area contributed by atoms with Gasteiger partial charge in [0.2, 0.25) is 0 Å². The standard InChI is InChI=1S/C15H17N5O2/c1-19-11-5-3-2-4-10(11)16-12(19)8-20-7-6-15(9-20)13(21)17-14(22)18-15/h2-5H,6-9H2,1H3,(H2,17,18,21,22). The SMILES string of the molecule is Cn1c(CN2CCC3(C2)NC(=O)NC3=O)nc2ccccc21. The minimum atomic E-state index is -0.762. The number of nitrogens with one attached hydrogen (secondary N) is 2. The molecule has 22 heavy (non-hydrogen) atoms. The molecule has 3 amide bonds. The zero-order valence-corrected chi connectivity index (χ0v) is 12.3. The summed E-state index contributed by atoms with van der Waals surface area (Å²) in [5.74, 6) is 0.744. The fourth-order valence-electron chi connectivity index (χ4n) is 3.38. The van der Waals surface area contributed by atoms with E-state index >= 15 is 0 Å². The third-order valence-corrected chi connectivity index (χ3v) is 4.61. The Morgan fingerprint density at radius 3 is 2.86 bits per heavy atom. The van der Waals surface area contributed by atoms with Crippen LogP contribution in [0.2, 0.25) is 0 Å². The van der Waals surface area contributed by atoms with E-state index in [-0.39, 0.29) is 5.91 Å². The second-order valence-electron chi connectivity index (χ2n) is 6.03. The van der Waals surface area contributed by atoms with Gasteiger partial charge < -0.3 is 9.88 Å². The van der Waals surface area contributed by atoms with Gasteiger partial charge in [-0.3, -0.25) is 15.0 Å². The van der Waals surface area contributed by atoms with Crippen LogP contribution in [0.15, 0.2) is 24.3 Å². The fraction of sp³-hybridized carbons (Fsp3) is 0.400. The Morgan fingerprint density at radius 2 is 2.14 bits per heavy atom. The van der Waals surface area contributed by atoms with Crippen molar-refractivity contribution in [1.82, 2.24) is 25.1 Å². The molecular weight excluding hydrogens is 282 g/mol. The van der Waals surface area contributed by atoms with Gasteiger partial charge >= 0.3 is 6.03 Å². The van der Waals surface area contributed by atoms with Crippen molar-refractivity contribution in [2.75, 3.05) is 13.1 Å². The van der Waals surface area contributed by atoms with E-state index in [1.807, 2.05) is 31.3 Å². The molecule has 2 fully saturated rings. The van der Waals surface area contributed by atoms with Crippen LogP contribution in [0.5, 0.6) is 0 Å². The molecule has 1 aromatic heterocycles. The molecule has 114 valence electrons. The van der Waals surface area contributed by atoms with E-state index in [0.717, 1.165) is 23.4 Å². The van der Waals surface area contributed by atoms with Crippen molar-refractivity contribution in [3.63, 3.8) is 0 Å². The second kappa shape index (κ2) is 4.54. The van der Waals surface area contributed by atoms with Crippen molar-refractivity contribution < 1.29 is 9.59 Å². The van der Waals surface area contributed by atoms with E-state index < -0.39 is 11.6 Å². The van der Waals surface area contributed by atoms with Gasteiger partial charge in [-0.25, -0.2) is 9.78 Å². The van der Waals surface area contributed by atoms with Gasteiger partial charge in [0.1, 0.15) is 11.4 Å². The molecule has 7 heteroatoms. The summed E-state index contributed by atoms with van der Waals surface area (Å²) in [4.78, 5) is 30.2. The first-order valence-electron chi connectivity index (χ1n) is 7.34. The third kappa shape index (κ3) is 1.89. The number of imide groups is 1. The zero-order valence-electron chi connectivity index (χ0n) is 12.3. The number of hydrogen-bond donors (Lipinski definition) is 2. The number of fused-ring (bicyclic) bond motifs is 1. The maximum absolute atomic E-state index is 12.0. The van der Waals surface area contributed by atoms with Crippen LogP contribution in [0.25, 0.3) is 11.0 Å². The van der Waals surface area contributed by atoms with E-state index in [2.05, 4.69) is 25.1 Å². The number of hydrogen-bond acceptors (Lipinski definition) is 4. The molecule has 1 aromatic carbocycles. The lowest BCUT2D eigenvalue weighted by molar-refractivity contribution is -0.123. The quantitative estimate of drug-likeness (QED) is 0.785. The molecule has 0 saturated carbocycles. The lowest BCUT2D eigenvalue weighted by Gasteiger charge is -2.20. The highest BCUT2D eigenvalue weighted by molar-refractivity contribution is 6.07. The third-order valence-electron chi connectivity index (χ3n) is 4.61. The van der Waals surface area contributed by atoms with Crippen molar-refractivity contribution in [2.45, 2.75) is 18.5 Å². The Balaban J connectivity index is 1.56. The fourth-order valence-corrected chi connectivity index (χ4v) is 3.38. The Labute approximate surface area is 127 Å². The first-order valence-corrected chi connectivity index (χ1v) is 7.34. The molecule has 4 rings (SSSR count). The summed E-state index contributed by atoms with van der Waals surface area (Å²) >= 11 is 0. The number of aromatic nitrogens is 2. The van der Waals surface area contributed by atoms with Crippen molar-refractivity contribution >= 4 is 23.0 Å². The van der Waals surface area contributed by atoms with E-state index in [1.54, 1.807) is 0 Å². The Morgan fingerprint density at radius 1 is 1.32 bits per heavy atom. The predicted octanol–water partition coefficient (Wildman–Crippen LogP) is 0.357. The largest absolute Gasteiger partial charge is 0.330 e. The van der Waals surface area contributed by atoms with Crippen LogP contribution < -0.4 is 10.6 Å². The average molecular weight is 299 g/mol. The van der Waals surface area contributed by atoms with Crippen molar-refractivity contribution in [2.24, 2.45) is 7.05 Å². The van der Waals surface area contributed by atoms with Gasteiger partial charge in [-0.1, -0.05) is 12.1 Å². The van der Waals surface area contributed by atoms with Crippen molar-refractivity contribution in [3.05, 3.63) is 30.1 Å². The highest BCUT2D eigenvalue weighted by atomic mass is 16.2. The number of benzene rings is 1. The van der Waals surface area contributed by atoms with Crippen LogP contribution in [-0.2, 0) is 18.4 Å². The lowest BCUT2D eigenvalue weighted by atomic mass is 10.00. The van der Waals surface area contributed by atoms with Crippen molar-refractivity contribution in [3.8, 4) is 0 Å². The van der Waals surface area contributed by atoms with Gasteiger partial charge in [0.05, 0.1) is 17.6 Å². The van der Waals surface area contributed by atoms with Gasteiger partial charge in [0, 0.05) is 20.1 Å². The summed E-state index contributed by atoms with van der Waals surface area (Å²) in [5.41, 5.74) is 1.31. The molecule has 1 atom stereocenters. The molecule has 2 aromatic rings. The van der Waals surface area contributed by atoms with Crippen LogP contribution in [0, 0.1) is 0 Å². The smallest absolute Gasteiger partial charge is 0.322 e. The number of likely N-dealkylation sites (tertiary alicyclic amines) is 1. The molecule has 7 nitrogen and oxygen atoms in total. The number of nitrogens with zero attached hydrogens (tertiary/aromatic N) is 3. The zero-order chi connectivity index (χ0) is 15.3. The molecule has 0 aliphatic carbocycles. The monoisotopic (exact) mass is 299 g/mol. The lowest BCUT2D eigenvalue weighted by Crippen LogP contribution is -2.49. The molecular formula is C15H17N5O2. The first-order chi connectivity index (χ1) is 10.6. The summed E-state index contributed by atoms with van der Waals surface area (Å²) in [7, 11) is 2.00. The Kier molecular flexibility index (Phi) is 2.74. The maximum Gasteiger partial charge on any atom is 0.322 e. The van der Waals surface area contributed by atoms with Crippen LogP contribution in [0.3, 0.4) is 0 Å². The highest BCUT2D eigenvalue weighted by Gasteiger charge is 2.50. The summed E-state index contributed by atoms with van der Waals surface area (Å²) in [5, 5.41) is 5.10. The van der Waals surface area contributed by atoms with Crippen LogP contribution in [0.1, 0.15) is 12.2 Å². The van der Waals surface area contributed by atoms with E-state index in [0.29, 0.717) is 19.5 Å². The van der Waals surface area contributed by atoms with E-state index in [1.165, 1.54) is 0 Å². The van der Waals surface area contributed by atoms with Gasteiger partial charge in [0.15, 0.2) is 0 Å². The maximum atomic E-state index is 12.0. The predicted molar refractivity (Wildman–Crippen MR) is 80.0 cm³/mol. The number of urea groups is 1. The number of carbonyl (C=O) groups is 2. The minimum absolute atomic E-state index is 0.218. The van der Waals surface area contributed by atoms with Gasteiger partial charge in [-0.2, -0.15) is 0 Å². The molecule has 2 aliphatic rings. The van der Waals surface area contributed by atoms with Crippen LogP contribution in [0.4, 0.5) is 4.79 Å². The van der Waals surface area contributed by atoms with E-state index in [4.69, 9.17) is 0 Å². The van der Waals surface area contributed by atoms with Gasteiger partial charge in [-0.05, 0) is 18.6 Å². The molecule has 2 aliphatic heterocycles. The topological polar surface area (TPSA) is 79.3 Å². The number of amides is 3. The molecule has 1 unspecified atom stereocenters. The van der Waals surface area contributed by atoms with Gasteiger partial charge in [0.25, 0.3) is 5.91 Å². The van der Waals surface area contributed by atoms with Crippen LogP contribution in [-0.4, -0.2) is 45.0 Å². The number of rotatable bonds is 2. The Hall–Kier alpha value is -2.41. The van der Waals surface area contributed by atoms with E-state index in [9.17, 15) is 9.59 Å². The summed E-state index contributed by atoms with van der Waals surface area (Å²) < 4.78 is 2.08. The molecule has 0 bridgehead atoms. The molecule has 1 spiro atoms. The number of carbonyl (C=O) groups excluding carboxylic acids is 2. The first kappa shape index (κ1) is 13.3. The summed E-state index contributed by atoms with van der Waals surface area (Å²) in [6.45, 7) is 1.95. The molecule has 2 N–H and O–H groups in total. The molecule has 2 saturated heterocycles. The summed E-state index contributed by atoms with van der Waals surface area (Å²) in [6.07, 6.45) is 0.633. The van der Waals surface area contributed by atoms with Crippen molar-refractivity contribution in [1.29, 1.82) is 0 Å². The van der Waals surface area contributed by atoms with Gasteiger partial charge in [-0.15, -0.1) is 0 Å². The second-order valence-corrected chi connectivity index (χ2v) is 6.03. The minimum Gasteiger partial charge on any atom is -0.330 e. The summed E-state index contributed by atoms with van der Waals surface area (Å²) in [6, 6.07) is 7.62. The highest BCUT2D eigenvalue weighted by Crippen LogP contribution is 2.26. The number of para-hydroxylation sites is 2. The normalized spacial score (nSPS) is 25.1. The molecule has 0 radical (unpaired) electrons. The number of imidazole rings is 1. The molecule has 3 heterocycles. The number of aryl methyl sites for hydroxylation is 1.